The van der Waals surface area contributed by atoms with Crippen LogP contribution >= 0.6 is 0 Å². The minimum absolute atomic E-state index is 0.0332. The Morgan fingerprint density at radius 3 is 2.91 bits per heavy atom. The van der Waals surface area contributed by atoms with Gasteiger partial charge in [0.25, 0.3) is 5.91 Å². The molecule has 2 fully saturated rings. The molecule has 0 bridgehead atoms. The minimum Gasteiger partial charge on any atom is -0.366 e. The van der Waals surface area contributed by atoms with Crippen LogP contribution in [0.3, 0.4) is 0 Å². The SMILES string of the molecule is CC1CC(NC(=O)C2CNCCO2)CCN1Cc1ccccc1. The topological polar surface area (TPSA) is 53.6 Å². The van der Waals surface area contributed by atoms with Crippen molar-refractivity contribution in [2.24, 2.45) is 0 Å². The Morgan fingerprint density at radius 1 is 1.39 bits per heavy atom. The van der Waals surface area contributed by atoms with Gasteiger partial charge in [-0.05, 0) is 25.3 Å². The lowest BCUT2D eigenvalue weighted by Gasteiger charge is -2.38. The minimum atomic E-state index is -0.332. The zero-order chi connectivity index (χ0) is 16.1. The van der Waals surface area contributed by atoms with E-state index in [-0.39, 0.29) is 18.1 Å². The van der Waals surface area contributed by atoms with Crippen molar-refractivity contribution >= 4 is 5.91 Å². The highest BCUT2D eigenvalue weighted by molar-refractivity contribution is 5.81. The number of hydrogen-bond donors (Lipinski definition) is 2. The lowest BCUT2D eigenvalue weighted by Crippen LogP contribution is -2.53. The molecular formula is C18H27N3O2. The number of benzene rings is 1. The van der Waals surface area contributed by atoms with Crippen molar-refractivity contribution < 1.29 is 9.53 Å². The molecule has 2 heterocycles. The Morgan fingerprint density at radius 2 is 2.22 bits per heavy atom. The smallest absolute Gasteiger partial charge is 0.250 e. The normalized spacial score (nSPS) is 29.2. The molecule has 2 saturated heterocycles. The highest BCUT2D eigenvalue weighted by Gasteiger charge is 2.29. The first-order valence-corrected chi connectivity index (χ1v) is 8.63. The Kier molecular flexibility index (Phi) is 5.65. The van der Waals surface area contributed by atoms with Crippen LogP contribution in [0.25, 0.3) is 0 Å². The van der Waals surface area contributed by atoms with Crippen molar-refractivity contribution in [3.63, 3.8) is 0 Å². The molecule has 2 aliphatic rings. The molecular weight excluding hydrogens is 290 g/mol. The summed E-state index contributed by atoms with van der Waals surface area (Å²) in [5.74, 6) is 0.0332. The van der Waals surface area contributed by atoms with Gasteiger partial charge in [0.05, 0.1) is 6.61 Å². The fourth-order valence-corrected chi connectivity index (χ4v) is 3.43. The van der Waals surface area contributed by atoms with Gasteiger partial charge in [0.15, 0.2) is 0 Å². The number of carbonyl (C=O) groups excluding carboxylic acids is 1. The van der Waals surface area contributed by atoms with Crippen LogP contribution in [0, 0.1) is 0 Å². The van der Waals surface area contributed by atoms with Crippen molar-refractivity contribution in [3.8, 4) is 0 Å². The number of carbonyl (C=O) groups is 1. The largest absolute Gasteiger partial charge is 0.366 e. The Balaban J connectivity index is 1.47. The second kappa shape index (κ2) is 7.90. The van der Waals surface area contributed by atoms with Gasteiger partial charge in [0, 0.05) is 38.3 Å². The molecule has 0 spiro atoms. The number of morpholine rings is 1. The van der Waals surface area contributed by atoms with E-state index in [1.54, 1.807) is 0 Å². The molecule has 0 radical (unpaired) electrons. The fourth-order valence-electron chi connectivity index (χ4n) is 3.43. The third-order valence-electron chi connectivity index (χ3n) is 4.81. The van der Waals surface area contributed by atoms with Crippen molar-refractivity contribution in [2.75, 3.05) is 26.2 Å². The molecule has 5 nitrogen and oxygen atoms in total. The number of likely N-dealkylation sites (tertiary alicyclic amines) is 1. The first-order chi connectivity index (χ1) is 11.2. The van der Waals surface area contributed by atoms with Gasteiger partial charge in [0.1, 0.15) is 6.10 Å². The first-order valence-electron chi connectivity index (χ1n) is 8.63. The average Bonchev–Trinajstić information content (AvgIpc) is 2.59. The van der Waals surface area contributed by atoms with E-state index in [4.69, 9.17) is 4.74 Å². The Hall–Kier alpha value is -1.43. The maximum absolute atomic E-state index is 12.3. The van der Waals surface area contributed by atoms with Crippen LogP contribution in [0.5, 0.6) is 0 Å². The predicted octanol–water partition coefficient (Wildman–Crippen LogP) is 1.14. The second-order valence-electron chi connectivity index (χ2n) is 6.60. The molecule has 0 aliphatic carbocycles. The molecule has 1 amide bonds. The maximum atomic E-state index is 12.3. The van der Waals surface area contributed by atoms with Crippen LogP contribution in [-0.2, 0) is 16.1 Å². The van der Waals surface area contributed by atoms with Gasteiger partial charge in [-0.3, -0.25) is 9.69 Å². The predicted molar refractivity (Wildman–Crippen MR) is 90.1 cm³/mol. The highest BCUT2D eigenvalue weighted by atomic mass is 16.5. The van der Waals surface area contributed by atoms with Crippen LogP contribution in [-0.4, -0.2) is 55.2 Å². The lowest BCUT2D eigenvalue weighted by molar-refractivity contribution is -0.135. The third kappa shape index (κ3) is 4.53. The van der Waals surface area contributed by atoms with E-state index in [9.17, 15) is 4.79 Å². The molecule has 3 atom stereocenters. The zero-order valence-corrected chi connectivity index (χ0v) is 13.8. The quantitative estimate of drug-likeness (QED) is 0.874. The lowest BCUT2D eigenvalue weighted by atomic mass is 9.97. The van der Waals surface area contributed by atoms with E-state index in [0.29, 0.717) is 19.2 Å². The molecule has 0 aromatic heterocycles. The van der Waals surface area contributed by atoms with Crippen molar-refractivity contribution in [1.82, 2.24) is 15.5 Å². The van der Waals surface area contributed by atoms with Crippen molar-refractivity contribution in [3.05, 3.63) is 35.9 Å². The average molecular weight is 317 g/mol. The molecule has 23 heavy (non-hydrogen) atoms. The van der Waals surface area contributed by atoms with Crippen LogP contribution in [0.2, 0.25) is 0 Å². The maximum Gasteiger partial charge on any atom is 0.250 e. The highest BCUT2D eigenvalue weighted by Crippen LogP contribution is 2.20. The summed E-state index contributed by atoms with van der Waals surface area (Å²) in [4.78, 5) is 14.8. The standard InChI is InChI=1S/C18H27N3O2/c1-14-11-16(20-18(22)17-12-19-8-10-23-17)7-9-21(14)13-15-5-3-2-4-6-15/h2-6,14,16-17,19H,7-13H2,1H3,(H,20,22). The summed E-state index contributed by atoms with van der Waals surface area (Å²) in [7, 11) is 0. The molecule has 0 saturated carbocycles. The summed E-state index contributed by atoms with van der Waals surface area (Å²) in [6.07, 6.45) is 1.67. The number of amides is 1. The van der Waals surface area contributed by atoms with Crippen LogP contribution in [0.4, 0.5) is 0 Å². The number of hydrogen-bond acceptors (Lipinski definition) is 4. The van der Waals surface area contributed by atoms with E-state index in [1.165, 1.54) is 5.56 Å². The van der Waals surface area contributed by atoms with E-state index < -0.39 is 0 Å². The van der Waals surface area contributed by atoms with Gasteiger partial charge in [-0.15, -0.1) is 0 Å². The molecule has 1 aromatic carbocycles. The molecule has 2 N–H and O–H groups in total. The monoisotopic (exact) mass is 317 g/mol. The van der Waals surface area contributed by atoms with Gasteiger partial charge in [-0.25, -0.2) is 0 Å². The number of nitrogens with zero attached hydrogens (tertiary/aromatic N) is 1. The summed E-state index contributed by atoms with van der Waals surface area (Å²) in [6.45, 7) is 6.32. The van der Waals surface area contributed by atoms with Crippen LogP contribution < -0.4 is 10.6 Å². The Bertz CT molecular complexity index is 502. The number of piperidine rings is 1. The molecule has 2 aliphatic heterocycles. The van der Waals surface area contributed by atoms with E-state index in [2.05, 4.69) is 52.8 Å². The van der Waals surface area contributed by atoms with E-state index >= 15 is 0 Å². The van der Waals surface area contributed by atoms with Gasteiger partial charge in [0.2, 0.25) is 0 Å². The fraction of sp³-hybridized carbons (Fsp3) is 0.611. The van der Waals surface area contributed by atoms with Crippen LogP contribution in [0.1, 0.15) is 25.3 Å². The molecule has 1 aromatic rings. The second-order valence-corrected chi connectivity index (χ2v) is 6.60. The summed E-state index contributed by atoms with van der Waals surface area (Å²) in [6, 6.07) is 11.3. The van der Waals surface area contributed by atoms with E-state index in [0.717, 1.165) is 32.5 Å². The first kappa shape index (κ1) is 16.4. The molecule has 126 valence electrons. The van der Waals surface area contributed by atoms with Crippen molar-refractivity contribution in [1.29, 1.82) is 0 Å². The number of ether oxygens (including phenoxy) is 1. The zero-order valence-electron chi connectivity index (χ0n) is 13.8. The molecule has 5 heteroatoms. The van der Waals surface area contributed by atoms with Gasteiger partial charge >= 0.3 is 0 Å². The van der Waals surface area contributed by atoms with Gasteiger partial charge in [-0.2, -0.15) is 0 Å². The molecule has 3 unspecified atom stereocenters. The number of nitrogens with one attached hydrogen (secondary N) is 2. The van der Waals surface area contributed by atoms with Gasteiger partial charge < -0.3 is 15.4 Å². The summed E-state index contributed by atoms with van der Waals surface area (Å²) in [5, 5.41) is 6.37. The van der Waals surface area contributed by atoms with E-state index in [1.807, 2.05) is 0 Å². The van der Waals surface area contributed by atoms with Gasteiger partial charge in [-0.1, -0.05) is 30.3 Å². The number of rotatable bonds is 4. The Labute approximate surface area is 138 Å². The summed E-state index contributed by atoms with van der Waals surface area (Å²) >= 11 is 0. The summed E-state index contributed by atoms with van der Waals surface area (Å²) < 4.78 is 5.52. The summed E-state index contributed by atoms with van der Waals surface area (Å²) in [5.41, 5.74) is 1.35. The van der Waals surface area contributed by atoms with Crippen LogP contribution in [0.15, 0.2) is 30.3 Å². The third-order valence-corrected chi connectivity index (χ3v) is 4.81. The molecule has 3 rings (SSSR count). The van der Waals surface area contributed by atoms with Crippen molar-refractivity contribution in [2.45, 2.75) is 44.5 Å².